The number of hydrogen-bond acceptors (Lipinski definition) is 9. The van der Waals surface area contributed by atoms with Crippen molar-refractivity contribution in [1.29, 1.82) is 0 Å². The Labute approximate surface area is 380 Å². The van der Waals surface area contributed by atoms with Crippen molar-refractivity contribution in [2.45, 2.75) is 109 Å². The van der Waals surface area contributed by atoms with Gasteiger partial charge in [0.15, 0.2) is 0 Å². The number of piperidine rings is 2. The van der Waals surface area contributed by atoms with Gasteiger partial charge in [0.2, 0.25) is 17.7 Å². The topological polar surface area (TPSA) is 180 Å². The molecule has 15 heteroatoms. The van der Waals surface area contributed by atoms with Crippen molar-refractivity contribution in [2.75, 3.05) is 29.3 Å². The van der Waals surface area contributed by atoms with Crippen LogP contribution in [0.2, 0.25) is 0 Å². The predicted octanol–water partition coefficient (Wildman–Crippen LogP) is 7.13. The van der Waals surface area contributed by atoms with Crippen LogP contribution in [0.15, 0.2) is 83.8 Å². The summed E-state index contributed by atoms with van der Waals surface area (Å²) in [7, 11) is -3.81. The highest BCUT2D eigenvalue weighted by Gasteiger charge is 2.45. The Morgan fingerprint density at radius 1 is 0.800 bits per heavy atom. The van der Waals surface area contributed by atoms with E-state index in [0.717, 1.165) is 103 Å². The van der Waals surface area contributed by atoms with Crippen LogP contribution in [0, 0.1) is 26.7 Å². The molecule has 3 aliphatic heterocycles. The first kappa shape index (κ1) is 45.2. The van der Waals surface area contributed by atoms with Crippen molar-refractivity contribution in [3.63, 3.8) is 0 Å². The second kappa shape index (κ2) is 19.4. The Hall–Kier alpha value is -6.35. The largest absolute Gasteiger partial charge is 0.371 e. The summed E-state index contributed by atoms with van der Waals surface area (Å²) < 4.78 is 32.1. The number of imidazole rings is 1. The fraction of sp³-hybridized carbons (Fsp3) is 0.400. The summed E-state index contributed by atoms with van der Waals surface area (Å²) in [6, 6.07) is 23.8. The van der Waals surface area contributed by atoms with E-state index in [1.165, 1.54) is 0 Å². The number of benzene rings is 4. The molecule has 65 heavy (non-hydrogen) atoms. The quantitative estimate of drug-likeness (QED) is 0.0647. The van der Waals surface area contributed by atoms with Crippen LogP contribution >= 0.6 is 0 Å². The molecule has 5 amide bonds. The molecule has 0 saturated carbocycles. The number of imide groups is 2. The van der Waals surface area contributed by atoms with Crippen LogP contribution in [-0.2, 0) is 37.4 Å². The smallest absolute Gasteiger partial charge is 0.262 e. The third-order valence-corrected chi connectivity index (χ3v) is 14.6. The van der Waals surface area contributed by atoms with Gasteiger partial charge in [0.05, 0.1) is 32.7 Å². The molecule has 2 saturated heterocycles. The first-order chi connectivity index (χ1) is 31.3. The Morgan fingerprint density at radius 2 is 1.51 bits per heavy atom. The van der Waals surface area contributed by atoms with Gasteiger partial charge in [-0.3, -0.25) is 38.9 Å². The first-order valence-corrected chi connectivity index (χ1v) is 24.2. The molecule has 0 aliphatic carbocycles. The minimum Gasteiger partial charge on any atom is -0.371 e. The minimum absolute atomic E-state index is 0.0623. The van der Waals surface area contributed by atoms with Gasteiger partial charge in [0.1, 0.15) is 11.9 Å². The average molecular weight is 900 g/mol. The molecule has 0 bridgehead atoms. The third-order valence-electron chi connectivity index (χ3n) is 12.9. The molecule has 1 atom stereocenters. The number of nitrogens with zero attached hydrogens (tertiary/aromatic N) is 4. The molecule has 0 radical (unpaired) electrons. The maximum Gasteiger partial charge on any atom is 0.262 e. The number of sulfonamides is 1. The molecule has 4 aromatic carbocycles. The molecular formula is C50H57N7O7S. The maximum absolute atomic E-state index is 13.5. The zero-order chi connectivity index (χ0) is 45.8. The molecule has 14 nitrogen and oxygen atoms in total. The molecule has 2 fully saturated rings. The summed E-state index contributed by atoms with van der Waals surface area (Å²) in [6.45, 7) is 8.33. The van der Waals surface area contributed by atoms with Crippen LogP contribution in [0.3, 0.4) is 0 Å². The predicted molar refractivity (Wildman–Crippen MR) is 249 cm³/mol. The standard InChI is InChI=1S/C50H57N7O7S/c1-32-26-33(2)47(34(3)27-32)65(63,64)54-37-15-18-42-41(29-37)52-44(56(42)31-36-12-8-7-9-13-36)14-10-5-4-6-11-23-51-46(59)28-35-21-24-55(25-22-35)38-16-17-39-40(30-38)50(62)57(49(39)61)43-19-20-45(58)53-48(43)60/h7-9,12-13,15-18,26-27,29-30,35,43,54H,4-6,10-11,14,19-25,28,31H2,1-3H3,(H,51,59)(H,53,58,60). The highest BCUT2D eigenvalue weighted by molar-refractivity contribution is 7.92. The van der Waals surface area contributed by atoms with E-state index < -0.39 is 39.7 Å². The number of hydrogen-bond donors (Lipinski definition) is 3. The zero-order valence-electron chi connectivity index (χ0n) is 37.3. The maximum atomic E-state index is 13.5. The van der Waals surface area contributed by atoms with E-state index in [9.17, 15) is 32.4 Å². The lowest BCUT2D eigenvalue weighted by Crippen LogP contribution is -2.54. The summed E-state index contributed by atoms with van der Waals surface area (Å²) in [5.74, 6) is -0.796. The van der Waals surface area contributed by atoms with E-state index in [2.05, 4.69) is 37.0 Å². The lowest BCUT2D eigenvalue weighted by Gasteiger charge is -2.33. The van der Waals surface area contributed by atoms with Crippen LogP contribution in [0.5, 0.6) is 0 Å². The van der Waals surface area contributed by atoms with Gasteiger partial charge in [-0.1, -0.05) is 67.3 Å². The lowest BCUT2D eigenvalue weighted by molar-refractivity contribution is -0.136. The molecular weight excluding hydrogens is 843 g/mol. The molecule has 4 heterocycles. The number of amides is 5. The van der Waals surface area contributed by atoms with Crippen molar-refractivity contribution < 1.29 is 32.4 Å². The van der Waals surface area contributed by atoms with Gasteiger partial charge in [0, 0.05) is 51.1 Å². The Kier molecular flexibility index (Phi) is 13.5. The second-order valence-electron chi connectivity index (χ2n) is 17.8. The molecule has 8 rings (SSSR count). The normalized spacial score (nSPS) is 16.9. The highest BCUT2D eigenvalue weighted by atomic mass is 32.2. The Morgan fingerprint density at radius 3 is 2.25 bits per heavy atom. The number of rotatable bonds is 17. The highest BCUT2D eigenvalue weighted by Crippen LogP contribution is 2.33. The Balaban J connectivity index is 0.770. The molecule has 1 aromatic heterocycles. The number of anilines is 2. The van der Waals surface area contributed by atoms with Crippen LogP contribution in [0.4, 0.5) is 11.4 Å². The summed E-state index contributed by atoms with van der Waals surface area (Å²) in [4.78, 5) is 71.8. The SMILES string of the molecule is Cc1cc(C)c(S(=O)(=O)Nc2ccc3c(c2)nc(CCCCCCCNC(=O)CC2CCN(c4ccc5c(c4)C(=O)N(C4CCC(=O)NC4=O)C5=O)CC2)n3Cc2ccccc2)c(C)c1. The number of unbranched alkanes of at least 4 members (excludes halogenated alkanes) is 4. The molecule has 5 aromatic rings. The van der Waals surface area contributed by atoms with Gasteiger partial charge in [-0.25, -0.2) is 13.4 Å². The first-order valence-electron chi connectivity index (χ1n) is 22.8. The van der Waals surface area contributed by atoms with Crippen LogP contribution < -0.4 is 20.3 Å². The zero-order valence-corrected chi connectivity index (χ0v) is 38.1. The number of aryl methyl sites for hydroxylation is 4. The van der Waals surface area contributed by atoms with Crippen LogP contribution in [0.25, 0.3) is 11.0 Å². The fourth-order valence-corrected chi connectivity index (χ4v) is 11.2. The summed E-state index contributed by atoms with van der Waals surface area (Å²) in [5.41, 5.74) is 7.11. The second-order valence-corrected chi connectivity index (χ2v) is 19.4. The average Bonchev–Trinajstić information content (AvgIpc) is 3.72. The summed E-state index contributed by atoms with van der Waals surface area (Å²) >= 11 is 0. The van der Waals surface area contributed by atoms with Gasteiger partial charge in [-0.15, -0.1) is 0 Å². The van der Waals surface area contributed by atoms with Gasteiger partial charge in [-0.05, 0) is 112 Å². The fourth-order valence-electron chi connectivity index (χ4n) is 9.72. The number of aromatic nitrogens is 2. The monoisotopic (exact) mass is 899 g/mol. The van der Waals surface area contributed by atoms with Crippen molar-refractivity contribution >= 4 is 62.0 Å². The van der Waals surface area contributed by atoms with Gasteiger partial charge in [0.25, 0.3) is 21.8 Å². The number of fused-ring (bicyclic) bond motifs is 2. The van der Waals surface area contributed by atoms with Crippen molar-refractivity contribution in [3.05, 3.63) is 118 Å². The number of carbonyl (C=O) groups is 5. The van der Waals surface area contributed by atoms with Crippen molar-refractivity contribution in [1.82, 2.24) is 25.1 Å². The third kappa shape index (κ3) is 10.1. The molecule has 1 unspecified atom stereocenters. The van der Waals surface area contributed by atoms with Crippen LogP contribution in [-0.4, -0.2) is 78.1 Å². The molecule has 340 valence electrons. The Bertz CT molecular complexity index is 2740. The van der Waals surface area contributed by atoms with Crippen molar-refractivity contribution in [3.8, 4) is 0 Å². The molecule has 3 N–H and O–H groups in total. The van der Waals surface area contributed by atoms with E-state index in [1.807, 2.05) is 75.4 Å². The van der Waals surface area contributed by atoms with Gasteiger partial charge >= 0.3 is 0 Å². The number of carbonyl (C=O) groups excluding carboxylic acids is 5. The van der Waals surface area contributed by atoms with E-state index in [1.54, 1.807) is 12.1 Å². The van der Waals surface area contributed by atoms with E-state index in [0.29, 0.717) is 41.2 Å². The van der Waals surface area contributed by atoms with Gasteiger partial charge < -0.3 is 14.8 Å². The minimum atomic E-state index is -3.81. The van der Waals surface area contributed by atoms with E-state index >= 15 is 0 Å². The summed E-state index contributed by atoms with van der Waals surface area (Å²) in [6.07, 6.45) is 8.01. The number of nitrogens with one attached hydrogen (secondary N) is 3. The van der Waals surface area contributed by atoms with Gasteiger partial charge in [-0.2, -0.15) is 0 Å². The summed E-state index contributed by atoms with van der Waals surface area (Å²) in [5, 5.41) is 5.34. The molecule has 3 aliphatic rings. The lowest BCUT2D eigenvalue weighted by atomic mass is 9.92. The molecule has 0 spiro atoms. The van der Waals surface area contributed by atoms with E-state index in [4.69, 9.17) is 4.98 Å². The van der Waals surface area contributed by atoms with E-state index in [-0.39, 0.29) is 35.8 Å². The van der Waals surface area contributed by atoms with Crippen LogP contribution in [0.1, 0.15) is 113 Å². The van der Waals surface area contributed by atoms with Crippen molar-refractivity contribution in [2.24, 2.45) is 5.92 Å².